The molecule has 1 aliphatic rings. The Morgan fingerprint density at radius 3 is 2.94 bits per heavy atom. The summed E-state index contributed by atoms with van der Waals surface area (Å²) in [7, 11) is 1.58. The number of rotatable bonds is 2. The number of para-hydroxylation sites is 1. The van der Waals surface area contributed by atoms with Gasteiger partial charge in [-0.1, -0.05) is 18.2 Å². The molecule has 92 valence electrons. The van der Waals surface area contributed by atoms with Gasteiger partial charge in [-0.05, 0) is 6.07 Å². The van der Waals surface area contributed by atoms with E-state index in [0.717, 1.165) is 16.6 Å². The van der Waals surface area contributed by atoms with Crippen LogP contribution < -0.4 is 11.1 Å². The van der Waals surface area contributed by atoms with E-state index in [2.05, 4.69) is 20.5 Å². The summed E-state index contributed by atoms with van der Waals surface area (Å²) in [6.45, 7) is 0.422. The lowest BCUT2D eigenvalue weighted by molar-refractivity contribution is 0.278. The normalized spacial score (nSPS) is 15.5. The van der Waals surface area contributed by atoms with E-state index >= 15 is 0 Å². The van der Waals surface area contributed by atoms with Gasteiger partial charge in [0.15, 0.2) is 11.6 Å². The van der Waals surface area contributed by atoms with Gasteiger partial charge in [0.25, 0.3) is 0 Å². The van der Waals surface area contributed by atoms with E-state index in [-0.39, 0.29) is 0 Å². The van der Waals surface area contributed by atoms with Crippen LogP contribution in [0.1, 0.15) is 5.69 Å². The van der Waals surface area contributed by atoms with Gasteiger partial charge in [-0.15, -0.1) is 0 Å². The molecule has 2 heterocycles. The number of nitrogens with two attached hydrogens (primary N) is 1. The summed E-state index contributed by atoms with van der Waals surface area (Å²) in [5.41, 5.74) is 7.59. The van der Waals surface area contributed by atoms with Gasteiger partial charge in [0, 0.05) is 5.39 Å². The minimum atomic E-state index is 0.422. The second-order valence-electron chi connectivity index (χ2n) is 3.95. The van der Waals surface area contributed by atoms with Crippen molar-refractivity contribution in [3.05, 3.63) is 41.5 Å². The van der Waals surface area contributed by atoms with Gasteiger partial charge < -0.3 is 15.8 Å². The van der Waals surface area contributed by atoms with Crippen molar-refractivity contribution in [2.45, 2.75) is 0 Å². The highest BCUT2D eigenvalue weighted by molar-refractivity contribution is 6.08. The zero-order valence-electron chi connectivity index (χ0n) is 9.90. The maximum atomic E-state index is 5.85. The number of nitrogens with zero attached hydrogens (tertiary/aromatic N) is 2. The Bertz CT molecular complexity index is 655. The van der Waals surface area contributed by atoms with Crippen LogP contribution in [-0.2, 0) is 4.74 Å². The van der Waals surface area contributed by atoms with Crippen molar-refractivity contribution in [2.24, 2.45) is 10.7 Å². The molecule has 1 aromatic carbocycles. The Kier molecular flexibility index (Phi) is 2.40. The number of H-pyrrole nitrogens is 1. The van der Waals surface area contributed by atoms with Crippen molar-refractivity contribution in [1.29, 1.82) is 0 Å². The van der Waals surface area contributed by atoms with Crippen LogP contribution in [0.5, 0.6) is 0 Å². The van der Waals surface area contributed by atoms with E-state index in [1.54, 1.807) is 7.11 Å². The van der Waals surface area contributed by atoms with Gasteiger partial charge in [0.1, 0.15) is 18.1 Å². The van der Waals surface area contributed by atoms with E-state index in [0.29, 0.717) is 24.0 Å². The molecule has 1 aliphatic heterocycles. The highest BCUT2D eigenvalue weighted by Crippen LogP contribution is 2.17. The summed E-state index contributed by atoms with van der Waals surface area (Å²) in [5, 5.41) is 11.3. The lowest BCUT2D eigenvalue weighted by Crippen LogP contribution is -2.34. The molecule has 4 N–H and O–H groups in total. The first-order valence-electron chi connectivity index (χ1n) is 5.57. The summed E-state index contributed by atoms with van der Waals surface area (Å²) in [4.78, 5) is 4.38. The van der Waals surface area contributed by atoms with Gasteiger partial charge in [-0.25, -0.2) is 0 Å². The van der Waals surface area contributed by atoms with Crippen LogP contribution in [0.2, 0.25) is 0 Å². The first-order valence-corrected chi connectivity index (χ1v) is 5.57. The third-order valence-electron chi connectivity index (χ3n) is 2.88. The molecule has 1 aromatic heterocycles. The smallest absolute Gasteiger partial charge is 0.157 e. The number of aliphatic imine (C=N–C) groups is 1. The van der Waals surface area contributed by atoms with Crippen molar-refractivity contribution >= 4 is 16.7 Å². The lowest BCUT2D eigenvalue weighted by Gasteiger charge is -2.17. The fourth-order valence-corrected chi connectivity index (χ4v) is 1.93. The molecule has 0 amide bonds. The minimum absolute atomic E-state index is 0.422. The SMILES string of the molecule is COC1=C(N)NC(c2n[nH]c3ccccc23)=NC1. The monoisotopic (exact) mass is 243 g/mol. The number of benzene rings is 1. The number of aromatic nitrogens is 2. The predicted octanol–water partition coefficient (Wildman–Crippen LogP) is 0.687. The molecule has 0 saturated carbocycles. The highest BCUT2D eigenvalue weighted by Gasteiger charge is 2.18. The fourth-order valence-electron chi connectivity index (χ4n) is 1.93. The fraction of sp³-hybridized carbons (Fsp3) is 0.167. The van der Waals surface area contributed by atoms with E-state index in [1.165, 1.54) is 0 Å². The topological polar surface area (TPSA) is 88.3 Å². The third-order valence-corrected chi connectivity index (χ3v) is 2.88. The number of aromatic amines is 1. The maximum Gasteiger partial charge on any atom is 0.157 e. The number of ether oxygens (including phenoxy) is 1. The molecule has 3 rings (SSSR count). The number of hydrogen-bond donors (Lipinski definition) is 3. The Balaban J connectivity index is 2.00. The Labute approximate surface area is 104 Å². The Hall–Kier alpha value is -2.50. The number of nitrogens with one attached hydrogen (secondary N) is 2. The molecule has 0 aliphatic carbocycles. The molecule has 18 heavy (non-hydrogen) atoms. The van der Waals surface area contributed by atoms with E-state index in [1.807, 2.05) is 24.3 Å². The molecule has 6 nitrogen and oxygen atoms in total. The molecule has 0 unspecified atom stereocenters. The third kappa shape index (κ3) is 1.58. The molecular formula is C12H13N5O. The standard InChI is InChI=1S/C12H13N5O/c1-18-9-6-14-12(15-11(9)13)10-7-4-2-3-5-8(7)16-17-10/h2-5H,6,13H2,1H3,(H,14,15)(H,16,17). The van der Waals surface area contributed by atoms with Crippen LogP contribution in [-0.4, -0.2) is 29.7 Å². The first-order chi connectivity index (χ1) is 8.79. The average Bonchev–Trinajstić information content (AvgIpc) is 2.82. The summed E-state index contributed by atoms with van der Waals surface area (Å²) in [6.07, 6.45) is 0. The van der Waals surface area contributed by atoms with Gasteiger partial charge in [0.05, 0.1) is 12.6 Å². The predicted molar refractivity (Wildman–Crippen MR) is 68.9 cm³/mol. The van der Waals surface area contributed by atoms with E-state index in [4.69, 9.17) is 10.5 Å². The van der Waals surface area contributed by atoms with Crippen LogP contribution in [0.4, 0.5) is 0 Å². The van der Waals surface area contributed by atoms with E-state index in [9.17, 15) is 0 Å². The Morgan fingerprint density at radius 1 is 1.33 bits per heavy atom. The zero-order chi connectivity index (χ0) is 12.5. The number of fused-ring (bicyclic) bond motifs is 1. The lowest BCUT2D eigenvalue weighted by atomic mass is 10.2. The van der Waals surface area contributed by atoms with Crippen molar-refractivity contribution in [3.63, 3.8) is 0 Å². The number of methoxy groups -OCH3 is 1. The zero-order valence-corrected chi connectivity index (χ0v) is 9.90. The molecule has 6 heteroatoms. The average molecular weight is 243 g/mol. The van der Waals surface area contributed by atoms with Crippen molar-refractivity contribution in [3.8, 4) is 0 Å². The molecule has 0 fully saturated rings. The Morgan fingerprint density at radius 2 is 2.17 bits per heavy atom. The van der Waals surface area contributed by atoms with Gasteiger partial charge in [-0.3, -0.25) is 10.1 Å². The second kappa shape index (κ2) is 4.06. The van der Waals surface area contributed by atoms with Crippen LogP contribution in [0, 0.1) is 0 Å². The van der Waals surface area contributed by atoms with Crippen LogP contribution in [0.25, 0.3) is 10.9 Å². The van der Waals surface area contributed by atoms with Crippen molar-refractivity contribution in [2.75, 3.05) is 13.7 Å². The molecule has 0 atom stereocenters. The molecular weight excluding hydrogens is 230 g/mol. The van der Waals surface area contributed by atoms with Crippen molar-refractivity contribution in [1.82, 2.24) is 15.5 Å². The largest absolute Gasteiger partial charge is 0.495 e. The quantitative estimate of drug-likeness (QED) is 0.724. The molecule has 0 bridgehead atoms. The summed E-state index contributed by atoms with van der Waals surface area (Å²) >= 11 is 0. The van der Waals surface area contributed by atoms with E-state index < -0.39 is 0 Å². The van der Waals surface area contributed by atoms with Crippen LogP contribution >= 0.6 is 0 Å². The van der Waals surface area contributed by atoms with Crippen LogP contribution in [0.15, 0.2) is 40.8 Å². The molecule has 0 saturated heterocycles. The second-order valence-corrected chi connectivity index (χ2v) is 3.95. The summed E-state index contributed by atoms with van der Waals surface area (Å²) in [6, 6.07) is 7.88. The maximum absolute atomic E-state index is 5.85. The first kappa shape index (κ1) is 10.6. The minimum Gasteiger partial charge on any atom is -0.495 e. The van der Waals surface area contributed by atoms with Gasteiger partial charge in [-0.2, -0.15) is 5.10 Å². The summed E-state index contributed by atoms with van der Waals surface area (Å²) < 4.78 is 5.11. The molecule has 2 aromatic rings. The van der Waals surface area contributed by atoms with Crippen molar-refractivity contribution < 1.29 is 4.74 Å². The van der Waals surface area contributed by atoms with Gasteiger partial charge in [0.2, 0.25) is 0 Å². The number of amidine groups is 1. The van der Waals surface area contributed by atoms with Crippen LogP contribution in [0.3, 0.4) is 0 Å². The molecule has 0 radical (unpaired) electrons. The number of hydrogen-bond acceptors (Lipinski definition) is 5. The molecule has 0 spiro atoms. The van der Waals surface area contributed by atoms with Gasteiger partial charge >= 0.3 is 0 Å². The summed E-state index contributed by atoms with van der Waals surface area (Å²) in [5.74, 6) is 1.78. The highest BCUT2D eigenvalue weighted by atomic mass is 16.5.